The highest BCUT2D eigenvalue weighted by Gasteiger charge is 2.39. The molecule has 1 atom stereocenters. The minimum atomic E-state index is -0.691. The standard InChI is InChI=1S/C19H22N2O5/c22-16(20-18(24)13-6-2-1-3-7-13)12-26-19(25)14-10-17(23)21(11-14)15-8-4-5-9-15/h1-3,6-7,14-15H,4-5,8-12H2,(H,20,22,24)/t14-/m0/s1. The maximum atomic E-state index is 12.1. The second-order valence-corrected chi connectivity index (χ2v) is 6.74. The summed E-state index contributed by atoms with van der Waals surface area (Å²) in [5, 5.41) is 2.17. The first-order valence-electron chi connectivity index (χ1n) is 8.90. The van der Waals surface area contributed by atoms with Crippen LogP contribution in [0.3, 0.4) is 0 Å². The third kappa shape index (κ3) is 4.28. The molecule has 2 fully saturated rings. The van der Waals surface area contributed by atoms with Crippen molar-refractivity contribution in [2.45, 2.75) is 38.1 Å². The van der Waals surface area contributed by atoms with E-state index in [1.165, 1.54) is 0 Å². The quantitative estimate of drug-likeness (QED) is 0.801. The van der Waals surface area contributed by atoms with Crippen LogP contribution in [0.4, 0.5) is 0 Å². The number of benzene rings is 1. The summed E-state index contributed by atoms with van der Waals surface area (Å²) >= 11 is 0. The summed E-state index contributed by atoms with van der Waals surface area (Å²) < 4.78 is 5.00. The topological polar surface area (TPSA) is 92.8 Å². The van der Waals surface area contributed by atoms with Crippen LogP contribution in [-0.2, 0) is 19.1 Å². The van der Waals surface area contributed by atoms with Crippen molar-refractivity contribution in [1.29, 1.82) is 0 Å². The van der Waals surface area contributed by atoms with E-state index in [0.717, 1.165) is 25.7 Å². The predicted molar refractivity (Wildman–Crippen MR) is 92.0 cm³/mol. The van der Waals surface area contributed by atoms with Gasteiger partial charge < -0.3 is 9.64 Å². The molecule has 3 amide bonds. The molecule has 2 aliphatic rings. The Hall–Kier alpha value is -2.70. The van der Waals surface area contributed by atoms with E-state index in [2.05, 4.69) is 5.32 Å². The number of imide groups is 1. The van der Waals surface area contributed by atoms with Gasteiger partial charge in [0, 0.05) is 24.6 Å². The summed E-state index contributed by atoms with van der Waals surface area (Å²) in [5.41, 5.74) is 0.348. The Morgan fingerprint density at radius 2 is 1.81 bits per heavy atom. The van der Waals surface area contributed by atoms with Crippen molar-refractivity contribution in [3.05, 3.63) is 35.9 Å². The van der Waals surface area contributed by atoms with Crippen molar-refractivity contribution in [3.8, 4) is 0 Å². The van der Waals surface area contributed by atoms with Crippen LogP contribution in [0.2, 0.25) is 0 Å². The van der Waals surface area contributed by atoms with Crippen LogP contribution in [0.15, 0.2) is 30.3 Å². The Kier molecular flexibility index (Phi) is 5.65. The molecule has 7 nitrogen and oxygen atoms in total. The molecule has 26 heavy (non-hydrogen) atoms. The molecule has 7 heteroatoms. The smallest absolute Gasteiger partial charge is 0.311 e. The van der Waals surface area contributed by atoms with Gasteiger partial charge in [0.1, 0.15) is 0 Å². The minimum Gasteiger partial charge on any atom is -0.455 e. The second kappa shape index (κ2) is 8.12. The SMILES string of the molecule is O=C(COC(=O)[C@H]1CC(=O)N(C2CCCC2)C1)NC(=O)c1ccccc1. The largest absolute Gasteiger partial charge is 0.455 e. The van der Waals surface area contributed by atoms with Crippen LogP contribution in [0.1, 0.15) is 42.5 Å². The molecule has 1 saturated heterocycles. The number of rotatable bonds is 5. The zero-order chi connectivity index (χ0) is 18.5. The van der Waals surface area contributed by atoms with E-state index in [-0.39, 0.29) is 18.4 Å². The summed E-state index contributed by atoms with van der Waals surface area (Å²) in [6.07, 6.45) is 4.31. The Labute approximate surface area is 151 Å². The predicted octanol–water partition coefficient (Wildman–Crippen LogP) is 1.28. The lowest BCUT2D eigenvalue weighted by Gasteiger charge is -2.23. The summed E-state index contributed by atoms with van der Waals surface area (Å²) in [5.74, 6) is -2.37. The van der Waals surface area contributed by atoms with Gasteiger partial charge in [0.05, 0.1) is 5.92 Å². The van der Waals surface area contributed by atoms with E-state index in [1.54, 1.807) is 35.2 Å². The molecule has 0 radical (unpaired) electrons. The second-order valence-electron chi connectivity index (χ2n) is 6.74. The number of carbonyl (C=O) groups excluding carboxylic acids is 4. The summed E-state index contributed by atoms with van der Waals surface area (Å²) in [6, 6.07) is 8.52. The molecule has 0 spiro atoms. The van der Waals surface area contributed by atoms with Gasteiger partial charge >= 0.3 is 5.97 Å². The minimum absolute atomic E-state index is 0.0254. The fraction of sp³-hybridized carbons (Fsp3) is 0.474. The van der Waals surface area contributed by atoms with Gasteiger partial charge in [-0.15, -0.1) is 0 Å². The molecule has 1 heterocycles. The number of carbonyl (C=O) groups is 4. The first-order valence-corrected chi connectivity index (χ1v) is 8.90. The molecule has 3 rings (SSSR count). The number of ether oxygens (including phenoxy) is 1. The zero-order valence-corrected chi connectivity index (χ0v) is 14.5. The van der Waals surface area contributed by atoms with E-state index in [9.17, 15) is 19.2 Å². The van der Waals surface area contributed by atoms with Gasteiger partial charge in [-0.2, -0.15) is 0 Å². The van der Waals surface area contributed by atoms with E-state index >= 15 is 0 Å². The number of likely N-dealkylation sites (tertiary alicyclic amines) is 1. The maximum Gasteiger partial charge on any atom is 0.311 e. The molecule has 138 valence electrons. The van der Waals surface area contributed by atoms with Crippen LogP contribution in [0.25, 0.3) is 0 Å². The first kappa shape index (κ1) is 18.1. The van der Waals surface area contributed by atoms with E-state index < -0.39 is 30.3 Å². The van der Waals surface area contributed by atoms with Crippen molar-refractivity contribution in [2.24, 2.45) is 5.92 Å². The summed E-state index contributed by atoms with van der Waals surface area (Å²) in [4.78, 5) is 49.7. The highest BCUT2D eigenvalue weighted by atomic mass is 16.5. The monoisotopic (exact) mass is 358 g/mol. The third-order valence-corrected chi connectivity index (χ3v) is 4.89. The number of amides is 3. The molecule has 1 aliphatic carbocycles. The van der Waals surface area contributed by atoms with Gasteiger partial charge in [0.2, 0.25) is 5.91 Å². The van der Waals surface area contributed by atoms with Gasteiger partial charge in [0.25, 0.3) is 11.8 Å². The van der Waals surface area contributed by atoms with Crippen molar-refractivity contribution >= 4 is 23.7 Å². The Morgan fingerprint density at radius 3 is 2.50 bits per heavy atom. The van der Waals surface area contributed by atoms with Crippen LogP contribution in [-0.4, -0.2) is 47.8 Å². The maximum absolute atomic E-state index is 12.1. The molecule has 1 aliphatic heterocycles. The molecule has 0 aromatic heterocycles. The lowest BCUT2D eigenvalue weighted by Crippen LogP contribution is -2.36. The number of nitrogens with one attached hydrogen (secondary N) is 1. The van der Waals surface area contributed by atoms with Crippen LogP contribution >= 0.6 is 0 Å². The van der Waals surface area contributed by atoms with Crippen LogP contribution < -0.4 is 5.32 Å². The van der Waals surface area contributed by atoms with Crippen molar-refractivity contribution < 1.29 is 23.9 Å². The average Bonchev–Trinajstić information content (AvgIpc) is 3.29. The molecular weight excluding hydrogens is 336 g/mol. The number of hydrogen-bond acceptors (Lipinski definition) is 5. The van der Waals surface area contributed by atoms with Crippen LogP contribution in [0, 0.1) is 5.92 Å². The molecule has 0 unspecified atom stereocenters. The fourth-order valence-corrected chi connectivity index (χ4v) is 3.54. The Morgan fingerprint density at radius 1 is 1.12 bits per heavy atom. The lowest BCUT2D eigenvalue weighted by molar-refractivity contribution is -0.152. The van der Waals surface area contributed by atoms with E-state index in [0.29, 0.717) is 12.1 Å². The lowest BCUT2D eigenvalue weighted by atomic mass is 10.1. The van der Waals surface area contributed by atoms with Crippen molar-refractivity contribution in [1.82, 2.24) is 10.2 Å². The van der Waals surface area contributed by atoms with E-state index in [4.69, 9.17) is 4.74 Å². The molecule has 1 aromatic carbocycles. The number of hydrogen-bond donors (Lipinski definition) is 1. The first-order chi connectivity index (χ1) is 12.5. The van der Waals surface area contributed by atoms with Gasteiger partial charge in [-0.05, 0) is 25.0 Å². The number of nitrogens with zero attached hydrogens (tertiary/aromatic N) is 1. The van der Waals surface area contributed by atoms with Gasteiger partial charge in [-0.1, -0.05) is 31.0 Å². The number of esters is 1. The molecule has 1 saturated carbocycles. The zero-order valence-electron chi connectivity index (χ0n) is 14.5. The summed E-state index contributed by atoms with van der Waals surface area (Å²) in [6.45, 7) is -0.182. The Bertz CT molecular complexity index is 697. The normalized spacial score (nSPS) is 20.2. The molecule has 0 bridgehead atoms. The van der Waals surface area contributed by atoms with Gasteiger partial charge in [-0.3, -0.25) is 24.5 Å². The Balaban J connectivity index is 1.44. The molecule has 1 aromatic rings. The van der Waals surface area contributed by atoms with Crippen molar-refractivity contribution in [3.63, 3.8) is 0 Å². The van der Waals surface area contributed by atoms with Crippen molar-refractivity contribution in [2.75, 3.05) is 13.2 Å². The van der Waals surface area contributed by atoms with Crippen LogP contribution in [0.5, 0.6) is 0 Å². The summed E-state index contributed by atoms with van der Waals surface area (Å²) in [7, 11) is 0. The molecule has 1 N–H and O–H groups in total. The highest BCUT2D eigenvalue weighted by Crippen LogP contribution is 2.29. The van der Waals surface area contributed by atoms with Gasteiger partial charge in [0.15, 0.2) is 6.61 Å². The average molecular weight is 358 g/mol. The molecular formula is C19H22N2O5. The van der Waals surface area contributed by atoms with E-state index in [1.807, 2.05) is 0 Å². The van der Waals surface area contributed by atoms with Gasteiger partial charge in [-0.25, -0.2) is 0 Å². The fourth-order valence-electron chi connectivity index (χ4n) is 3.54. The third-order valence-electron chi connectivity index (χ3n) is 4.89. The highest BCUT2D eigenvalue weighted by molar-refractivity contribution is 6.05.